The maximum atomic E-state index is 13.3. The molecule has 1 amide bonds. The highest BCUT2D eigenvalue weighted by atomic mass is 19.4. The quantitative estimate of drug-likeness (QED) is 0.834. The van der Waals surface area contributed by atoms with Gasteiger partial charge in [0.1, 0.15) is 6.04 Å². The van der Waals surface area contributed by atoms with Gasteiger partial charge in [-0.15, -0.1) is 0 Å². The average molecular weight is 383 g/mol. The van der Waals surface area contributed by atoms with Gasteiger partial charge in [0.25, 0.3) is 0 Å². The van der Waals surface area contributed by atoms with Crippen LogP contribution < -0.4 is 5.32 Å². The Kier molecular flexibility index (Phi) is 5.30. The van der Waals surface area contributed by atoms with E-state index < -0.39 is 17.9 Å². The molecule has 3 rings (SSSR count). The summed E-state index contributed by atoms with van der Waals surface area (Å²) in [6, 6.07) is 0.904. The van der Waals surface area contributed by atoms with Gasteiger partial charge in [-0.3, -0.25) is 14.2 Å². The first-order valence-electron chi connectivity index (χ1n) is 9.18. The van der Waals surface area contributed by atoms with Crippen LogP contribution in [0.15, 0.2) is 12.3 Å². The van der Waals surface area contributed by atoms with Crippen molar-refractivity contribution in [2.45, 2.75) is 71.3 Å². The standard InChI is InChI=1S/C18H24F3N5O/c1-4-14(17(27)22-12(3)10-25-9-8-11(2)23-25)26-15-7-5-6-13(15)16(24-26)18(19,20)21/h8-9,12,14H,4-7,10H2,1-3H3,(H,22,27). The minimum Gasteiger partial charge on any atom is -0.350 e. The largest absolute Gasteiger partial charge is 0.435 e. The molecule has 2 aromatic rings. The Morgan fingerprint density at radius 3 is 2.67 bits per heavy atom. The first-order valence-corrected chi connectivity index (χ1v) is 9.18. The molecule has 1 aliphatic rings. The Labute approximate surface area is 155 Å². The third-order valence-corrected chi connectivity index (χ3v) is 4.84. The van der Waals surface area contributed by atoms with E-state index in [0.29, 0.717) is 37.9 Å². The Morgan fingerprint density at radius 2 is 2.07 bits per heavy atom. The number of aryl methyl sites for hydroxylation is 1. The minimum atomic E-state index is -4.50. The highest BCUT2D eigenvalue weighted by Gasteiger charge is 2.41. The number of nitrogens with one attached hydrogen (secondary N) is 1. The summed E-state index contributed by atoms with van der Waals surface area (Å²) in [7, 11) is 0. The molecule has 148 valence electrons. The van der Waals surface area contributed by atoms with Crippen LogP contribution in [-0.2, 0) is 30.4 Å². The van der Waals surface area contributed by atoms with Gasteiger partial charge in [0.05, 0.1) is 12.2 Å². The van der Waals surface area contributed by atoms with E-state index in [1.807, 2.05) is 26.1 Å². The number of aromatic nitrogens is 4. The normalized spacial score (nSPS) is 16.2. The predicted octanol–water partition coefficient (Wildman–Crippen LogP) is 3.05. The average Bonchev–Trinajstić information content (AvgIpc) is 3.25. The molecule has 1 N–H and O–H groups in total. The van der Waals surface area contributed by atoms with Crippen molar-refractivity contribution >= 4 is 5.91 Å². The van der Waals surface area contributed by atoms with Crippen molar-refractivity contribution in [2.24, 2.45) is 0 Å². The van der Waals surface area contributed by atoms with Crippen molar-refractivity contribution in [1.82, 2.24) is 24.9 Å². The Hall–Kier alpha value is -2.32. The lowest BCUT2D eigenvalue weighted by Gasteiger charge is -2.21. The van der Waals surface area contributed by atoms with E-state index in [1.54, 1.807) is 11.6 Å². The first-order chi connectivity index (χ1) is 12.7. The van der Waals surface area contributed by atoms with Gasteiger partial charge in [-0.2, -0.15) is 23.4 Å². The second kappa shape index (κ2) is 7.36. The molecule has 0 bridgehead atoms. The van der Waals surface area contributed by atoms with Crippen molar-refractivity contribution in [2.75, 3.05) is 0 Å². The minimum absolute atomic E-state index is 0.212. The second-order valence-corrected chi connectivity index (χ2v) is 7.08. The van der Waals surface area contributed by atoms with Gasteiger partial charge in [-0.1, -0.05) is 6.92 Å². The molecule has 2 aromatic heterocycles. The van der Waals surface area contributed by atoms with Crippen LogP contribution in [0.4, 0.5) is 13.2 Å². The van der Waals surface area contributed by atoms with Crippen LogP contribution in [0, 0.1) is 6.92 Å². The van der Waals surface area contributed by atoms with Crippen LogP contribution in [0.25, 0.3) is 0 Å². The van der Waals surface area contributed by atoms with E-state index in [2.05, 4.69) is 15.5 Å². The van der Waals surface area contributed by atoms with Crippen molar-refractivity contribution < 1.29 is 18.0 Å². The molecule has 0 radical (unpaired) electrons. The van der Waals surface area contributed by atoms with Crippen molar-refractivity contribution in [3.63, 3.8) is 0 Å². The molecule has 0 saturated heterocycles. The molecule has 0 spiro atoms. The maximum Gasteiger partial charge on any atom is 0.435 e. The van der Waals surface area contributed by atoms with E-state index >= 15 is 0 Å². The van der Waals surface area contributed by atoms with Gasteiger partial charge in [0.2, 0.25) is 5.91 Å². The SMILES string of the molecule is CCC(C(=O)NC(C)Cn1ccc(C)n1)n1nc(C(F)(F)F)c2c1CCC2. The number of fused-ring (bicyclic) bond motifs is 1. The fourth-order valence-electron chi connectivity index (χ4n) is 3.65. The van der Waals surface area contributed by atoms with Crippen LogP contribution >= 0.6 is 0 Å². The molecule has 0 aromatic carbocycles. The van der Waals surface area contributed by atoms with Gasteiger partial charge < -0.3 is 5.32 Å². The second-order valence-electron chi connectivity index (χ2n) is 7.08. The smallest absolute Gasteiger partial charge is 0.350 e. The molecule has 0 fully saturated rings. The Balaban J connectivity index is 1.77. The molecule has 2 heterocycles. The molecule has 27 heavy (non-hydrogen) atoms. The summed E-state index contributed by atoms with van der Waals surface area (Å²) in [5, 5.41) is 11.0. The van der Waals surface area contributed by atoms with E-state index in [0.717, 1.165) is 5.69 Å². The van der Waals surface area contributed by atoms with Crippen molar-refractivity contribution in [3.05, 3.63) is 34.9 Å². The number of rotatable bonds is 6. The highest BCUT2D eigenvalue weighted by Crippen LogP contribution is 2.37. The van der Waals surface area contributed by atoms with Gasteiger partial charge in [-0.25, -0.2) is 0 Å². The number of nitrogens with zero attached hydrogens (tertiary/aromatic N) is 4. The maximum absolute atomic E-state index is 13.3. The zero-order valence-electron chi connectivity index (χ0n) is 15.7. The number of amides is 1. The zero-order valence-corrected chi connectivity index (χ0v) is 15.7. The van der Waals surface area contributed by atoms with E-state index in [1.165, 1.54) is 4.68 Å². The van der Waals surface area contributed by atoms with Crippen LogP contribution in [0.2, 0.25) is 0 Å². The van der Waals surface area contributed by atoms with Crippen LogP contribution in [0.1, 0.15) is 55.4 Å². The molecule has 2 atom stereocenters. The lowest BCUT2D eigenvalue weighted by molar-refractivity contribution is -0.142. The monoisotopic (exact) mass is 383 g/mol. The molecular weight excluding hydrogens is 359 g/mol. The van der Waals surface area contributed by atoms with Gasteiger partial charge in [0.15, 0.2) is 5.69 Å². The summed E-state index contributed by atoms with van der Waals surface area (Å²) >= 11 is 0. The van der Waals surface area contributed by atoms with Crippen molar-refractivity contribution in [1.29, 1.82) is 0 Å². The molecule has 6 nitrogen and oxygen atoms in total. The summed E-state index contributed by atoms with van der Waals surface area (Å²) in [5.41, 5.74) is 0.821. The number of hydrogen-bond donors (Lipinski definition) is 1. The van der Waals surface area contributed by atoms with Crippen LogP contribution in [0.5, 0.6) is 0 Å². The molecule has 0 aliphatic heterocycles. The number of halogens is 3. The van der Waals surface area contributed by atoms with Gasteiger partial charge >= 0.3 is 6.18 Å². The number of alkyl halides is 3. The summed E-state index contributed by atoms with van der Waals surface area (Å²) < 4.78 is 42.9. The topological polar surface area (TPSA) is 64.7 Å². The lowest BCUT2D eigenvalue weighted by atomic mass is 10.1. The van der Waals surface area contributed by atoms with E-state index in [-0.39, 0.29) is 17.5 Å². The third-order valence-electron chi connectivity index (χ3n) is 4.84. The summed E-state index contributed by atoms with van der Waals surface area (Å²) in [5.74, 6) is -0.320. The molecule has 2 unspecified atom stereocenters. The highest BCUT2D eigenvalue weighted by molar-refractivity contribution is 5.80. The Bertz CT molecular complexity index is 824. The number of hydrogen-bond acceptors (Lipinski definition) is 3. The summed E-state index contributed by atoms with van der Waals surface area (Å²) in [6.07, 6.45) is -0.777. The first kappa shape index (κ1) is 19.4. The predicted molar refractivity (Wildman–Crippen MR) is 93.2 cm³/mol. The molecule has 0 saturated carbocycles. The van der Waals surface area contributed by atoms with Crippen molar-refractivity contribution in [3.8, 4) is 0 Å². The van der Waals surface area contributed by atoms with Gasteiger partial charge in [0, 0.05) is 23.5 Å². The lowest BCUT2D eigenvalue weighted by Crippen LogP contribution is -2.41. The summed E-state index contributed by atoms with van der Waals surface area (Å²) in [4.78, 5) is 12.8. The fraction of sp³-hybridized carbons (Fsp3) is 0.611. The molecule has 1 aliphatic carbocycles. The Morgan fingerprint density at radius 1 is 1.33 bits per heavy atom. The number of carbonyl (C=O) groups is 1. The zero-order chi connectivity index (χ0) is 19.8. The summed E-state index contributed by atoms with van der Waals surface area (Å²) in [6.45, 7) is 5.99. The van der Waals surface area contributed by atoms with Crippen LogP contribution in [0.3, 0.4) is 0 Å². The van der Waals surface area contributed by atoms with E-state index in [9.17, 15) is 18.0 Å². The molecular formula is C18H24F3N5O. The molecule has 9 heteroatoms. The van der Waals surface area contributed by atoms with Gasteiger partial charge in [-0.05, 0) is 45.6 Å². The van der Waals surface area contributed by atoms with Crippen LogP contribution in [-0.4, -0.2) is 31.5 Å². The third kappa shape index (κ3) is 4.01. The fourth-order valence-corrected chi connectivity index (χ4v) is 3.65. The number of carbonyl (C=O) groups excluding carboxylic acids is 1. The van der Waals surface area contributed by atoms with E-state index in [4.69, 9.17) is 0 Å².